The van der Waals surface area contributed by atoms with Gasteiger partial charge in [-0.1, -0.05) is 18.2 Å². The van der Waals surface area contributed by atoms with Crippen molar-refractivity contribution in [3.63, 3.8) is 0 Å². The van der Waals surface area contributed by atoms with Crippen molar-refractivity contribution in [2.75, 3.05) is 13.1 Å². The molecule has 0 atom stereocenters. The first kappa shape index (κ1) is 23.7. The Morgan fingerprint density at radius 3 is 2.36 bits per heavy atom. The molecular weight excluding hydrogens is 446 g/mol. The smallest absolute Gasteiger partial charge is 0.741 e. The summed E-state index contributed by atoms with van der Waals surface area (Å²) in [5, 5.41) is 8.79. The van der Waals surface area contributed by atoms with Gasteiger partial charge in [-0.25, -0.2) is 4.98 Å². The minimum absolute atomic E-state index is 0. The second kappa shape index (κ2) is 12.9. The van der Waals surface area contributed by atoms with E-state index in [2.05, 4.69) is 36.0 Å². The van der Waals surface area contributed by atoms with E-state index >= 15 is 0 Å². The van der Waals surface area contributed by atoms with Gasteiger partial charge in [-0.3, -0.25) is 20.8 Å². The Labute approximate surface area is 185 Å². The maximum absolute atomic E-state index is 5.55. The van der Waals surface area contributed by atoms with Crippen LogP contribution in [-0.2, 0) is 42.3 Å². The number of nitrogens with one attached hydrogen (secondary N) is 2. The molecule has 2 N–H and O–H groups in total. The van der Waals surface area contributed by atoms with Crippen LogP contribution in [0.25, 0.3) is 11.5 Å². The Balaban J connectivity index is 0.00000392. The number of rotatable bonds is 7. The Kier molecular flexibility index (Phi) is 11.0. The largest absolute Gasteiger partial charge is 2.00 e. The normalized spacial score (nSPS) is 12.7. The van der Waals surface area contributed by atoms with Gasteiger partial charge >= 0.3 is 17.1 Å². The van der Waals surface area contributed by atoms with E-state index in [4.69, 9.17) is 29.7 Å². The Morgan fingerprint density at radius 1 is 1.07 bits per heavy atom. The van der Waals surface area contributed by atoms with E-state index in [9.17, 15) is 0 Å². The molecular formula is C17H19CuN7OS2. The topological polar surface area (TPSA) is 99.5 Å². The third-order valence-corrected chi connectivity index (χ3v) is 3.45. The van der Waals surface area contributed by atoms with Gasteiger partial charge in [-0.15, -0.1) is 0 Å². The third-order valence-electron chi connectivity index (χ3n) is 3.01. The first-order chi connectivity index (χ1) is 13.1. The summed E-state index contributed by atoms with van der Waals surface area (Å²) in [6.07, 6.45) is 2.94. The molecule has 1 aromatic carbocycles. The molecule has 151 valence electrons. The average Bonchev–Trinajstić information content (AvgIpc) is 3.15. The summed E-state index contributed by atoms with van der Waals surface area (Å²) in [7, 11) is 0. The average molecular weight is 465 g/mol. The van der Waals surface area contributed by atoms with E-state index in [1.54, 1.807) is 0 Å². The minimum atomic E-state index is 0. The summed E-state index contributed by atoms with van der Waals surface area (Å²) >= 11 is 10.1. The molecule has 2 rings (SSSR count). The zero-order valence-electron chi connectivity index (χ0n) is 15.2. The van der Waals surface area contributed by atoms with E-state index in [1.807, 2.05) is 44.2 Å². The third kappa shape index (κ3) is 7.73. The molecule has 28 heavy (non-hydrogen) atoms. The number of aliphatic imine (C=N–C) groups is 2. The van der Waals surface area contributed by atoms with Gasteiger partial charge in [0.15, 0.2) is 0 Å². The maximum atomic E-state index is 5.55. The molecule has 0 spiro atoms. The molecule has 0 saturated carbocycles. The Bertz CT molecular complexity index is 850. The molecule has 2 aromatic rings. The van der Waals surface area contributed by atoms with Crippen molar-refractivity contribution in [1.29, 1.82) is 0 Å². The van der Waals surface area contributed by atoms with Crippen LogP contribution < -0.4 is 10.9 Å². The fourth-order valence-electron chi connectivity index (χ4n) is 1.87. The van der Waals surface area contributed by atoms with Crippen LogP contribution in [0.2, 0.25) is 0 Å². The van der Waals surface area contributed by atoms with Crippen molar-refractivity contribution in [3.8, 4) is 11.5 Å². The molecule has 0 saturated heterocycles. The van der Waals surface area contributed by atoms with Gasteiger partial charge in [0.1, 0.15) is 17.7 Å². The van der Waals surface area contributed by atoms with E-state index < -0.39 is 0 Å². The summed E-state index contributed by atoms with van der Waals surface area (Å²) in [6, 6.07) is 9.54. The predicted molar refractivity (Wildman–Crippen MR) is 114 cm³/mol. The number of hydrogen-bond acceptors (Lipinski definition) is 8. The monoisotopic (exact) mass is 464 g/mol. The Hall–Kier alpha value is -2.33. The molecule has 11 heteroatoms. The predicted octanol–water partition coefficient (Wildman–Crippen LogP) is 2.05. The standard InChI is InChI=1S/C17H21N7OS2.Cu/c1-3-18-16(26)23-20-10-13(22-24-17(27)19-4-2)14-11-25-15(21-14)12-8-6-5-7-9-12;/h5-11H,3-4H2,1-2H3,(H2,18,23,26)(H2,19,24,27);/q;+2/p-2/b20-10+,22-13-;. The van der Waals surface area contributed by atoms with E-state index in [0.29, 0.717) is 30.4 Å². The second-order valence-corrected chi connectivity index (χ2v) is 5.72. The molecule has 0 amide bonds. The van der Waals surface area contributed by atoms with Crippen LogP contribution in [0.1, 0.15) is 19.5 Å². The second-order valence-electron chi connectivity index (χ2n) is 4.94. The van der Waals surface area contributed by atoms with Gasteiger partial charge in [-0.2, -0.15) is 10.2 Å². The van der Waals surface area contributed by atoms with Crippen molar-refractivity contribution >= 4 is 47.5 Å². The molecule has 0 aliphatic heterocycles. The van der Waals surface area contributed by atoms with Crippen molar-refractivity contribution in [3.05, 3.63) is 42.3 Å². The number of oxazole rings is 1. The van der Waals surface area contributed by atoms with Gasteiger partial charge in [0.25, 0.3) is 0 Å². The number of hydrogen-bond donors (Lipinski definition) is 2. The molecule has 1 aromatic heterocycles. The van der Waals surface area contributed by atoms with Gasteiger partial charge in [0.05, 0.1) is 6.21 Å². The molecule has 1 radical (unpaired) electrons. The van der Waals surface area contributed by atoms with Gasteiger partial charge in [-0.05, 0) is 36.3 Å². The van der Waals surface area contributed by atoms with Crippen LogP contribution in [0.4, 0.5) is 0 Å². The van der Waals surface area contributed by atoms with Crippen LogP contribution in [0.15, 0.2) is 61.2 Å². The number of amidine groups is 2. The van der Waals surface area contributed by atoms with Gasteiger partial charge < -0.3 is 29.7 Å². The van der Waals surface area contributed by atoms with E-state index in [-0.39, 0.29) is 27.4 Å². The zero-order valence-corrected chi connectivity index (χ0v) is 17.8. The quantitative estimate of drug-likeness (QED) is 0.214. The van der Waals surface area contributed by atoms with Crippen LogP contribution in [-0.4, -0.2) is 40.3 Å². The summed E-state index contributed by atoms with van der Waals surface area (Å²) in [6.45, 7) is 4.89. The number of aromatic nitrogens is 1. The van der Waals surface area contributed by atoms with Crippen molar-refractivity contribution in [1.82, 2.24) is 15.8 Å². The molecule has 8 nitrogen and oxygen atoms in total. The van der Waals surface area contributed by atoms with Crippen LogP contribution in [0, 0.1) is 0 Å². The minimum Gasteiger partial charge on any atom is -0.741 e. The molecule has 1 heterocycles. The van der Waals surface area contributed by atoms with E-state index in [0.717, 1.165) is 5.56 Å². The van der Waals surface area contributed by atoms with Gasteiger partial charge in [0, 0.05) is 18.7 Å². The summed E-state index contributed by atoms with van der Waals surface area (Å²) in [5.74, 6) is 0.469. The number of benzene rings is 1. The maximum Gasteiger partial charge on any atom is 2.00 e. The van der Waals surface area contributed by atoms with Crippen molar-refractivity contribution in [2.45, 2.75) is 13.8 Å². The Morgan fingerprint density at radius 2 is 1.71 bits per heavy atom. The zero-order chi connectivity index (χ0) is 19.5. The summed E-state index contributed by atoms with van der Waals surface area (Å²) in [4.78, 5) is 12.5. The molecule has 0 fully saturated rings. The van der Waals surface area contributed by atoms with Crippen molar-refractivity contribution in [2.24, 2.45) is 20.2 Å². The molecule has 0 aliphatic rings. The summed E-state index contributed by atoms with van der Waals surface area (Å²) in [5.41, 5.74) is 7.06. The molecule has 0 bridgehead atoms. The van der Waals surface area contributed by atoms with Gasteiger partial charge in [0.2, 0.25) is 5.89 Å². The summed E-state index contributed by atoms with van der Waals surface area (Å²) < 4.78 is 5.55. The number of hydrazone groups is 2. The first-order valence-electron chi connectivity index (χ1n) is 8.21. The fraction of sp³-hybridized carbons (Fsp3) is 0.235. The van der Waals surface area contributed by atoms with Crippen molar-refractivity contribution < 1.29 is 21.5 Å². The van der Waals surface area contributed by atoms with Crippen LogP contribution >= 0.6 is 0 Å². The number of nitrogens with zero attached hydrogens (tertiary/aromatic N) is 5. The van der Waals surface area contributed by atoms with E-state index in [1.165, 1.54) is 12.5 Å². The fourth-order valence-corrected chi connectivity index (χ4v) is 2.23. The van der Waals surface area contributed by atoms with Crippen LogP contribution in [0.5, 0.6) is 0 Å². The first-order valence-corrected chi connectivity index (χ1v) is 9.02. The molecule has 0 unspecified atom stereocenters. The van der Waals surface area contributed by atoms with Crippen LogP contribution in [0.3, 0.4) is 0 Å². The molecule has 0 aliphatic carbocycles. The SMILES string of the molecule is CCN=C([S-])N/N=C/C(=N/NC([S-])=NCC)c1coc(-c2ccccc2)n1.[Cu+2].